The Balaban J connectivity index is 2.09. The van der Waals surface area contributed by atoms with Crippen LogP contribution in [0.25, 0.3) is 0 Å². The zero-order chi connectivity index (χ0) is 13.1. The first kappa shape index (κ1) is 14.0. The van der Waals surface area contributed by atoms with Crippen LogP contribution in [0.1, 0.15) is 56.1 Å². The first-order chi connectivity index (χ1) is 8.59. The van der Waals surface area contributed by atoms with Gasteiger partial charge in [0.2, 0.25) is 0 Å². The van der Waals surface area contributed by atoms with E-state index < -0.39 is 0 Å². The molecule has 1 aromatic rings. The van der Waals surface area contributed by atoms with E-state index in [1.807, 2.05) is 0 Å². The first-order valence-electron chi connectivity index (χ1n) is 7.04. The maximum absolute atomic E-state index is 6.38. The van der Waals surface area contributed by atoms with Gasteiger partial charge in [-0.25, -0.2) is 0 Å². The van der Waals surface area contributed by atoms with Gasteiger partial charge in [-0.05, 0) is 49.6 Å². The summed E-state index contributed by atoms with van der Waals surface area (Å²) in [6.07, 6.45) is 5.58. The third kappa shape index (κ3) is 3.14. The molecule has 102 valence electrons. The number of nitrogens with two attached hydrogens (primary N) is 1. The summed E-state index contributed by atoms with van der Waals surface area (Å²) in [4.78, 5) is 1.31. The first-order valence-corrected chi connectivity index (χ1v) is 7.92. The topological polar surface area (TPSA) is 35.2 Å². The molecule has 1 aliphatic rings. The second-order valence-electron chi connectivity index (χ2n) is 5.68. The van der Waals surface area contributed by atoms with Crippen LogP contribution in [-0.2, 0) is 4.74 Å². The van der Waals surface area contributed by atoms with Crippen molar-refractivity contribution in [3.8, 4) is 0 Å². The van der Waals surface area contributed by atoms with Crippen LogP contribution in [0.5, 0.6) is 0 Å². The molecule has 4 unspecified atom stereocenters. The van der Waals surface area contributed by atoms with E-state index in [0.29, 0.717) is 12.0 Å². The summed E-state index contributed by atoms with van der Waals surface area (Å²) in [5.41, 5.74) is 7.45. The molecule has 2 rings (SSSR count). The molecule has 0 aliphatic heterocycles. The standard InChI is InChI=1S/C15H25NOS/c1-10-6-4-5-7-13(10)17-14(12(3)16)15-11(2)8-9-18-15/h8-10,12-14H,4-7,16H2,1-3H3. The number of aryl methyl sites for hydroxylation is 1. The lowest BCUT2D eigenvalue weighted by molar-refractivity contribution is -0.0639. The Kier molecular flexibility index (Phi) is 4.82. The normalized spacial score (nSPS) is 28.0. The molecule has 0 bridgehead atoms. The molecular weight excluding hydrogens is 242 g/mol. The Hall–Kier alpha value is -0.380. The Labute approximate surface area is 115 Å². The molecular formula is C15H25NOS. The van der Waals surface area contributed by atoms with Crippen molar-refractivity contribution in [1.82, 2.24) is 0 Å². The van der Waals surface area contributed by atoms with Crippen molar-refractivity contribution < 1.29 is 4.74 Å². The van der Waals surface area contributed by atoms with Crippen LogP contribution in [0.15, 0.2) is 11.4 Å². The van der Waals surface area contributed by atoms with Gasteiger partial charge in [0.25, 0.3) is 0 Å². The van der Waals surface area contributed by atoms with Crippen molar-refractivity contribution in [2.24, 2.45) is 11.7 Å². The van der Waals surface area contributed by atoms with E-state index in [2.05, 4.69) is 32.2 Å². The fraction of sp³-hybridized carbons (Fsp3) is 0.733. The minimum Gasteiger partial charge on any atom is -0.368 e. The van der Waals surface area contributed by atoms with Crippen LogP contribution in [0, 0.1) is 12.8 Å². The average Bonchev–Trinajstić information content (AvgIpc) is 2.74. The Bertz CT molecular complexity index is 374. The summed E-state index contributed by atoms with van der Waals surface area (Å²) in [6.45, 7) is 6.51. The van der Waals surface area contributed by atoms with Gasteiger partial charge < -0.3 is 10.5 Å². The van der Waals surface area contributed by atoms with Gasteiger partial charge in [0.05, 0.1) is 6.10 Å². The predicted octanol–water partition coefficient (Wildman–Crippen LogP) is 4.04. The maximum atomic E-state index is 6.38. The molecule has 3 heteroatoms. The van der Waals surface area contributed by atoms with E-state index in [-0.39, 0.29) is 12.1 Å². The zero-order valence-corrected chi connectivity index (χ0v) is 12.5. The smallest absolute Gasteiger partial charge is 0.107 e. The van der Waals surface area contributed by atoms with Gasteiger partial charge in [-0.15, -0.1) is 11.3 Å². The minimum absolute atomic E-state index is 0.0523. The molecule has 1 fully saturated rings. The van der Waals surface area contributed by atoms with Crippen molar-refractivity contribution in [2.45, 2.75) is 64.7 Å². The van der Waals surface area contributed by atoms with E-state index in [9.17, 15) is 0 Å². The van der Waals surface area contributed by atoms with Crippen molar-refractivity contribution in [2.75, 3.05) is 0 Å². The van der Waals surface area contributed by atoms with E-state index >= 15 is 0 Å². The number of hydrogen-bond donors (Lipinski definition) is 1. The fourth-order valence-electron chi connectivity index (χ4n) is 2.77. The summed E-state index contributed by atoms with van der Waals surface area (Å²) < 4.78 is 6.38. The second-order valence-corrected chi connectivity index (χ2v) is 6.63. The molecule has 0 aromatic carbocycles. The van der Waals surface area contributed by atoms with E-state index in [1.165, 1.54) is 36.1 Å². The monoisotopic (exact) mass is 267 g/mol. The molecule has 2 nitrogen and oxygen atoms in total. The van der Waals surface area contributed by atoms with Gasteiger partial charge in [-0.1, -0.05) is 19.8 Å². The van der Waals surface area contributed by atoms with Crippen molar-refractivity contribution in [3.63, 3.8) is 0 Å². The molecule has 4 atom stereocenters. The number of ether oxygens (including phenoxy) is 1. The van der Waals surface area contributed by atoms with E-state index in [4.69, 9.17) is 10.5 Å². The molecule has 2 N–H and O–H groups in total. The van der Waals surface area contributed by atoms with Gasteiger partial charge in [-0.3, -0.25) is 0 Å². The molecule has 0 amide bonds. The molecule has 0 spiro atoms. The molecule has 0 saturated heterocycles. The lowest BCUT2D eigenvalue weighted by atomic mass is 9.87. The third-order valence-electron chi connectivity index (χ3n) is 3.99. The average molecular weight is 267 g/mol. The molecule has 18 heavy (non-hydrogen) atoms. The highest BCUT2D eigenvalue weighted by molar-refractivity contribution is 7.10. The fourth-order valence-corrected chi connectivity index (χ4v) is 3.85. The Morgan fingerprint density at radius 1 is 1.39 bits per heavy atom. The predicted molar refractivity (Wildman–Crippen MR) is 78.0 cm³/mol. The highest BCUT2D eigenvalue weighted by atomic mass is 32.1. The van der Waals surface area contributed by atoms with Gasteiger partial charge in [0.15, 0.2) is 0 Å². The molecule has 1 aliphatic carbocycles. The van der Waals surface area contributed by atoms with Crippen molar-refractivity contribution >= 4 is 11.3 Å². The van der Waals surface area contributed by atoms with Crippen LogP contribution in [0.3, 0.4) is 0 Å². The summed E-state index contributed by atoms with van der Waals surface area (Å²) in [5.74, 6) is 0.667. The van der Waals surface area contributed by atoms with Gasteiger partial charge in [-0.2, -0.15) is 0 Å². The summed E-state index contributed by atoms with van der Waals surface area (Å²) >= 11 is 1.77. The highest BCUT2D eigenvalue weighted by Crippen LogP contribution is 2.35. The van der Waals surface area contributed by atoms with Crippen LogP contribution in [-0.4, -0.2) is 12.1 Å². The summed E-state index contributed by atoms with van der Waals surface area (Å²) in [7, 11) is 0. The number of rotatable bonds is 4. The zero-order valence-electron chi connectivity index (χ0n) is 11.7. The molecule has 1 saturated carbocycles. The van der Waals surface area contributed by atoms with Gasteiger partial charge >= 0.3 is 0 Å². The summed E-state index contributed by atoms with van der Waals surface area (Å²) in [6, 6.07) is 2.21. The second kappa shape index (κ2) is 6.18. The van der Waals surface area contributed by atoms with Crippen molar-refractivity contribution in [1.29, 1.82) is 0 Å². The maximum Gasteiger partial charge on any atom is 0.107 e. The molecule has 0 radical (unpaired) electrons. The van der Waals surface area contributed by atoms with Gasteiger partial charge in [0, 0.05) is 10.9 Å². The molecule has 1 heterocycles. The highest BCUT2D eigenvalue weighted by Gasteiger charge is 2.28. The Morgan fingerprint density at radius 3 is 2.67 bits per heavy atom. The third-order valence-corrected chi connectivity index (χ3v) is 5.07. The van der Waals surface area contributed by atoms with E-state index in [0.717, 1.165) is 0 Å². The molecule has 1 aromatic heterocycles. The van der Waals surface area contributed by atoms with E-state index in [1.54, 1.807) is 11.3 Å². The van der Waals surface area contributed by atoms with Gasteiger partial charge in [0.1, 0.15) is 6.10 Å². The van der Waals surface area contributed by atoms with Crippen LogP contribution in [0.2, 0.25) is 0 Å². The number of hydrogen-bond acceptors (Lipinski definition) is 3. The van der Waals surface area contributed by atoms with Crippen molar-refractivity contribution in [3.05, 3.63) is 21.9 Å². The van der Waals surface area contributed by atoms with Crippen LogP contribution in [0.4, 0.5) is 0 Å². The Morgan fingerprint density at radius 2 is 2.11 bits per heavy atom. The minimum atomic E-state index is 0.0523. The number of thiophene rings is 1. The summed E-state index contributed by atoms with van der Waals surface area (Å²) in [5, 5.41) is 2.13. The lowest BCUT2D eigenvalue weighted by Gasteiger charge is -2.33. The quantitative estimate of drug-likeness (QED) is 0.893. The largest absolute Gasteiger partial charge is 0.368 e. The van der Waals surface area contributed by atoms with Crippen LogP contribution < -0.4 is 5.73 Å². The SMILES string of the molecule is Cc1ccsc1C(OC1CCCCC1C)C(C)N. The lowest BCUT2D eigenvalue weighted by Crippen LogP contribution is -2.34. The van der Waals surface area contributed by atoms with Crippen LogP contribution >= 0.6 is 11.3 Å².